The molecular formula is C60H116O6. The Kier molecular flexibility index (Phi) is 54.7. The summed E-state index contributed by atoms with van der Waals surface area (Å²) < 4.78 is 16.8. The van der Waals surface area contributed by atoms with Gasteiger partial charge >= 0.3 is 17.9 Å². The molecule has 66 heavy (non-hydrogen) atoms. The zero-order valence-corrected chi connectivity index (χ0v) is 45.0. The van der Waals surface area contributed by atoms with Gasteiger partial charge in [-0.1, -0.05) is 310 Å². The number of hydrogen-bond donors (Lipinski definition) is 0. The fraction of sp³-hybridized carbons (Fsp3) is 0.950. The lowest BCUT2D eigenvalue weighted by Gasteiger charge is -2.18. The minimum absolute atomic E-state index is 0.0618. The van der Waals surface area contributed by atoms with E-state index in [1.54, 1.807) is 0 Å². The average molecular weight is 934 g/mol. The Morgan fingerprint density at radius 3 is 0.606 bits per heavy atom. The third-order valence-corrected chi connectivity index (χ3v) is 13.9. The molecule has 0 radical (unpaired) electrons. The van der Waals surface area contributed by atoms with Crippen LogP contribution in [0.25, 0.3) is 0 Å². The highest BCUT2D eigenvalue weighted by atomic mass is 16.6. The smallest absolute Gasteiger partial charge is 0.306 e. The lowest BCUT2D eigenvalue weighted by Crippen LogP contribution is -2.30. The summed E-state index contributed by atoms with van der Waals surface area (Å²) in [5, 5.41) is 0. The van der Waals surface area contributed by atoms with Crippen molar-refractivity contribution >= 4 is 17.9 Å². The first-order chi connectivity index (χ1) is 32.5. The van der Waals surface area contributed by atoms with Gasteiger partial charge in [-0.05, 0) is 19.3 Å². The zero-order valence-electron chi connectivity index (χ0n) is 45.0. The SMILES string of the molecule is CCCCCCCCCCCCCCCCCCCCCCCCCCCC(=O)OCC(COC(=O)CCCCCCCCC)OC(=O)CCCCCCCCCCCCCCCCCC. The summed E-state index contributed by atoms with van der Waals surface area (Å²) in [5.74, 6) is -0.841. The lowest BCUT2D eigenvalue weighted by molar-refractivity contribution is -0.167. The Labute approximate surface area is 412 Å². The van der Waals surface area contributed by atoms with Crippen LogP contribution in [0.15, 0.2) is 0 Å². The summed E-state index contributed by atoms with van der Waals surface area (Å²) in [6.45, 7) is 6.67. The van der Waals surface area contributed by atoms with E-state index in [-0.39, 0.29) is 31.1 Å². The van der Waals surface area contributed by atoms with Crippen LogP contribution in [0, 0.1) is 0 Å². The molecule has 0 aromatic heterocycles. The molecule has 0 aromatic rings. The molecule has 0 aliphatic heterocycles. The van der Waals surface area contributed by atoms with E-state index in [2.05, 4.69) is 20.8 Å². The highest BCUT2D eigenvalue weighted by molar-refractivity contribution is 5.71. The van der Waals surface area contributed by atoms with Crippen LogP contribution in [-0.2, 0) is 28.6 Å². The normalized spacial score (nSPS) is 11.9. The van der Waals surface area contributed by atoms with Crippen molar-refractivity contribution < 1.29 is 28.6 Å². The van der Waals surface area contributed by atoms with Crippen LogP contribution in [0.3, 0.4) is 0 Å². The van der Waals surface area contributed by atoms with Crippen molar-refractivity contribution in [3.05, 3.63) is 0 Å². The first-order valence-corrected chi connectivity index (χ1v) is 30.0. The van der Waals surface area contributed by atoms with Gasteiger partial charge in [-0.25, -0.2) is 0 Å². The van der Waals surface area contributed by atoms with Crippen LogP contribution in [-0.4, -0.2) is 37.2 Å². The van der Waals surface area contributed by atoms with Crippen LogP contribution in [0.2, 0.25) is 0 Å². The molecule has 0 fully saturated rings. The van der Waals surface area contributed by atoms with Gasteiger partial charge < -0.3 is 14.2 Å². The minimum atomic E-state index is -0.760. The molecule has 0 bridgehead atoms. The van der Waals surface area contributed by atoms with Gasteiger partial charge in [0.1, 0.15) is 13.2 Å². The summed E-state index contributed by atoms with van der Waals surface area (Å²) in [4.78, 5) is 37.9. The number of carbonyl (C=O) groups is 3. The monoisotopic (exact) mass is 933 g/mol. The second kappa shape index (κ2) is 56.0. The van der Waals surface area contributed by atoms with Gasteiger partial charge in [-0.15, -0.1) is 0 Å². The molecule has 1 unspecified atom stereocenters. The molecule has 0 amide bonds. The fourth-order valence-electron chi connectivity index (χ4n) is 9.33. The molecule has 0 saturated carbocycles. The Morgan fingerprint density at radius 1 is 0.242 bits per heavy atom. The van der Waals surface area contributed by atoms with E-state index in [9.17, 15) is 14.4 Å². The molecule has 0 rings (SSSR count). The van der Waals surface area contributed by atoms with Crippen molar-refractivity contribution in [2.45, 2.75) is 354 Å². The average Bonchev–Trinajstić information content (AvgIpc) is 3.31. The number of carbonyl (C=O) groups excluding carboxylic acids is 3. The van der Waals surface area contributed by atoms with E-state index in [1.807, 2.05) is 0 Å². The topological polar surface area (TPSA) is 78.9 Å². The maximum absolute atomic E-state index is 12.8. The molecule has 6 nitrogen and oxygen atoms in total. The zero-order chi connectivity index (χ0) is 47.9. The first-order valence-electron chi connectivity index (χ1n) is 30.0. The standard InChI is InChI=1S/C60H116O6/c1-4-7-10-13-16-18-20-22-24-26-27-28-29-30-31-32-33-34-36-37-39-41-44-47-50-53-59(62)65-56-57(55-64-58(61)52-49-46-43-15-12-9-6-3)66-60(63)54-51-48-45-42-40-38-35-25-23-21-19-17-14-11-8-5-2/h57H,4-56H2,1-3H3. The maximum atomic E-state index is 12.8. The molecule has 1 atom stereocenters. The second-order valence-electron chi connectivity index (χ2n) is 20.6. The second-order valence-corrected chi connectivity index (χ2v) is 20.6. The Morgan fingerprint density at radius 2 is 0.409 bits per heavy atom. The minimum Gasteiger partial charge on any atom is -0.462 e. The summed E-state index contributed by atoms with van der Waals surface area (Å²) in [6.07, 6.45) is 62.8. The van der Waals surface area contributed by atoms with Crippen molar-refractivity contribution in [1.82, 2.24) is 0 Å². The van der Waals surface area contributed by atoms with E-state index in [4.69, 9.17) is 14.2 Å². The Balaban J connectivity index is 4.04. The van der Waals surface area contributed by atoms with Crippen LogP contribution in [0.1, 0.15) is 348 Å². The van der Waals surface area contributed by atoms with Crippen LogP contribution in [0.4, 0.5) is 0 Å². The van der Waals surface area contributed by atoms with Crippen LogP contribution >= 0.6 is 0 Å². The van der Waals surface area contributed by atoms with E-state index in [0.717, 1.165) is 57.8 Å². The number of ether oxygens (including phenoxy) is 3. The molecule has 0 aromatic carbocycles. The molecule has 0 aliphatic rings. The highest BCUT2D eigenvalue weighted by Gasteiger charge is 2.19. The predicted molar refractivity (Wildman–Crippen MR) is 284 cm³/mol. The lowest BCUT2D eigenvalue weighted by atomic mass is 10.0. The molecule has 0 saturated heterocycles. The predicted octanol–water partition coefficient (Wildman–Crippen LogP) is 19.9. The maximum Gasteiger partial charge on any atom is 0.306 e. The Hall–Kier alpha value is -1.59. The summed E-state index contributed by atoms with van der Waals surface area (Å²) in [5.41, 5.74) is 0. The summed E-state index contributed by atoms with van der Waals surface area (Å²) in [7, 11) is 0. The van der Waals surface area contributed by atoms with Gasteiger partial charge in [-0.2, -0.15) is 0 Å². The van der Waals surface area contributed by atoms with Gasteiger partial charge in [-0.3, -0.25) is 14.4 Å². The van der Waals surface area contributed by atoms with E-state index >= 15 is 0 Å². The molecule has 0 spiro atoms. The van der Waals surface area contributed by atoms with Crippen molar-refractivity contribution in [3.8, 4) is 0 Å². The third kappa shape index (κ3) is 53.4. The van der Waals surface area contributed by atoms with Gasteiger partial charge in [0.2, 0.25) is 0 Å². The van der Waals surface area contributed by atoms with E-state index in [0.29, 0.717) is 19.3 Å². The number of unbranched alkanes of at least 4 members (excludes halogenated alkanes) is 45. The number of esters is 3. The number of rotatable bonds is 56. The Bertz CT molecular complexity index is 982. The summed E-state index contributed by atoms with van der Waals surface area (Å²) in [6, 6.07) is 0. The molecule has 0 aliphatic carbocycles. The fourth-order valence-corrected chi connectivity index (χ4v) is 9.33. The van der Waals surface area contributed by atoms with Gasteiger partial charge in [0.25, 0.3) is 0 Å². The van der Waals surface area contributed by atoms with Crippen molar-refractivity contribution in [2.24, 2.45) is 0 Å². The highest BCUT2D eigenvalue weighted by Crippen LogP contribution is 2.18. The molecule has 6 heteroatoms. The molecule has 0 heterocycles. The van der Waals surface area contributed by atoms with Crippen molar-refractivity contribution in [3.63, 3.8) is 0 Å². The third-order valence-electron chi connectivity index (χ3n) is 13.9. The molecule has 392 valence electrons. The first kappa shape index (κ1) is 64.4. The largest absolute Gasteiger partial charge is 0.462 e. The van der Waals surface area contributed by atoms with Crippen LogP contribution in [0.5, 0.6) is 0 Å². The van der Waals surface area contributed by atoms with Gasteiger partial charge in [0.15, 0.2) is 6.10 Å². The van der Waals surface area contributed by atoms with E-state index in [1.165, 1.54) is 250 Å². The molecular weight excluding hydrogens is 817 g/mol. The number of hydrogen-bond acceptors (Lipinski definition) is 6. The van der Waals surface area contributed by atoms with Crippen molar-refractivity contribution in [1.29, 1.82) is 0 Å². The van der Waals surface area contributed by atoms with E-state index < -0.39 is 6.10 Å². The van der Waals surface area contributed by atoms with Gasteiger partial charge in [0.05, 0.1) is 0 Å². The quantitative estimate of drug-likeness (QED) is 0.0343. The molecule has 0 N–H and O–H groups in total. The summed E-state index contributed by atoms with van der Waals surface area (Å²) >= 11 is 0. The van der Waals surface area contributed by atoms with Gasteiger partial charge in [0, 0.05) is 19.3 Å². The van der Waals surface area contributed by atoms with Crippen LogP contribution < -0.4 is 0 Å². The van der Waals surface area contributed by atoms with Crippen molar-refractivity contribution in [2.75, 3.05) is 13.2 Å².